The van der Waals surface area contributed by atoms with E-state index in [0.29, 0.717) is 40.4 Å². The number of ether oxygens (including phenoxy) is 1. The van der Waals surface area contributed by atoms with Crippen molar-refractivity contribution in [2.24, 2.45) is 0 Å². The van der Waals surface area contributed by atoms with E-state index in [-0.39, 0.29) is 18.2 Å². The summed E-state index contributed by atoms with van der Waals surface area (Å²) in [5.74, 6) is 0.115. The molecule has 1 fully saturated rings. The van der Waals surface area contributed by atoms with E-state index in [2.05, 4.69) is 5.32 Å². The quantitative estimate of drug-likeness (QED) is 0.433. The highest BCUT2D eigenvalue weighted by Crippen LogP contribution is 2.30. The fourth-order valence-electron chi connectivity index (χ4n) is 3.86. The normalized spacial score (nSPS) is 15.5. The Morgan fingerprint density at radius 3 is 2.53 bits per heavy atom. The van der Waals surface area contributed by atoms with Crippen molar-refractivity contribution in [1.82, 2.24) is 4.90 Å². The van der Waals surface area contributed by atoms with Crippen LogP contribution in [0, 0.1) is 0 Å². The third-order valence-electron chi connectivity index (χ3n) is 5.44. The van der Waals surface area contributed by atoms with E-state index in [0.717, 1.165) is 5.56 Å². The predicted octanol–water partition coefficient (Wildman–Crippen LogP) is 5.27. The molecule has 4 rings (SSSR count). The van der Waals surface area contributed by atoms with Crippen LogP contribution in [0.4, 0.5) is 11.4 Å². The third-order valence-corrected chi connectivity index (χ3v) is 6.22. The second-order valence-corrected chi connectivity index (χ2v) is 8.51. The first-order chi connectivity index (χ1) is 16.5. The van der Waals surface area contributed by atoms with Gasteiger partial charge < -0.3 is 15.0 Å². The molecule has 1 heterocycles. The Bertz CT molecular complexity index is 1200. The van der Waals surface area contributed by atoms with Gasteiger partial charge in [-0.25, -0.2) is 0 Å². The van der Waals surface area contributed by atoms with Gasteiger partial charge in [-0.1, -0.05) is 54.1 Å². The van der Waals surface area contributed by atoms with Crippen LogP contribution in [0.1, 0.15) is 18.9 Å². The number of anilines is 2. The number of rotatable bonds is 8. The van der Waals surface area contributed by atoms with Crippen LogP contribution in [0.25, 0.3) is 0 Å². The molecule has 1 saturated heterocycles. The van der Waals surface area contributed by atoms with Crippen molar-refractivity contribution < 1.29 is 14.3 Å². The number of nitrogens with one attached hydrogen (secondary N) is 1. The molecule has 34 heavy (non-hydrogen) atoms. The summed E-state index contributed by atoms with van der Waals surface area (Å²) >= 11 is 12.1. The summed E-state index contributed by atoms with van der Waals surface area (Å²) in [6, 6.07) is 23.0. The lowest BCUT2D eigenvalue weighted by molar-refractivity contribution is -0.124. The fraction of sp³-hybridized carbons (Fsp3) is 0.192. The van der Waals surface area contributed by atoms with Crippen LogP contribution < -0.4 is 15.0 Å². The summed E-state index contributed by atoms with van der Waals surface area (Å²) in [6.07, 6.45) is -0.0639. The van der Waals surface area contributed by atoms with Gasteiger partial charge in [-0.15, -0.1) is 0 Å². The molecule has 1 aliphatic heterocycles. The Morgan fingerprint density at radius 1 is 1.06 bits per heavy atom. The van der Waals surface area contributed by atoms with Crippen molar-refractivity contribution in [3.8, 4) is 5.75 Å². The first-order valence-electron chi connectivity index (χ1n) is 10.9. The second kappa shape index (κ2) is 10.7. The number of hydrogen-bond donors (Lipinski definition) is 1. The number of halogens is 1. The average Bonchev–Trinajstić information content (AvgIpc) is 3.05. The molecule has 2 amide bonds. The Kier molecular flexibility index (Phi) is 7.45. The van der Waals surface area contributed by atoms with Gasteiger partial charge in [-0.2, -0.15) is 0 Å². The van der Waals surface area contributed by atoms with Gasteiger partial charge in [-0.3, -0.25) is 14.5 Å². The van der Waals surface area contributed by atoms with Crippen LogP contribution >= 0.6 is 23.8 Å². The minimum absolute atomic E-state index is 0.0639. The molecule has 0 aliphatic carbocycles. The highest BCUT2D eigenvalue weighted by atomic mass is 35.5. The molecule has 8 heteroatoms. The summed E-state index contributed by atoms with van der Waals surface area (Å²) in [5.41, 5.74) is 2.08. The van der Waals surface area contributed by atoms with Gasteiger partial charge in [0.1, 0.15) is 11.8 Å². The summed E-state index contributed by atoms with van der Waals surface area (Å²) in [6.45, 7) is 2.73. The molecule has 3 aromatic rings. The van der Waals surface area contributed by atoms with Gasteiger partial charge in [0.25, 0.3) is 5.91 Å². The Morgan fingerprint density at radius 2 is 1.79 bits per heavy atom. The van der Waals surface area contributed by atoms with Gasteiger partial charge in [0.15, 0.2) is 5.11 Å². The molecule has 1 aliphatic rings. The molecule has 0 unspecified atom stereocenters. The molecule has 1 N–H and O–H groups in total. The van der Waals surface area contributed by atoms with Crippen LogP contribution in [-0.2, 0) is 16.1 Å². The second-order valence-electron chi connectivity index (χ2n) is 7.74. The first-order valence-corrected chi connectivity index (χ1v) is 11.7. The Hall–Kier alpha value is -3.42. The molecule has 0 spiro atoms. The maximum atomic E-state index is 13.5. The maximum Gasteiger partial charge on any atom is 0.256 e. The van der Waals surface area contributed by atoms with Gasteiger partial charge in [0.2, 0.25) is 5.91 Å². The molecule has 0 radical (unpaired) electrons. The smallest absolute Gasteiger partial charge is 0.256 e. The fourth-order valence-corrected chi connectivity index (χ4v) is 4.44. The lowest BCUT2D eigenvalue weighted by Gasteiger charge is -2.24. The highest BCUT2D eigenvalue weighted by molar-refractivity contribution is 7.80. The molecule has 174 valence electrons. The highest BCUT2D eigenvalue weighted by Gasteiger charge is 2.44. The van der Waals surface area contributed by atoms with E-state index in [9.17, 15) is 9.59 Å². The van der Waals surface area contributed by atoms with Crippen molar-refractivity contribution >= 4 is 52.1 Å². The maximum absolute atomic E-state index is 13.5. The SMILES string of the molecule is CCOc1cccc(NC(=O)C[C@H]2C(=O)N(c3ccccc3)C(=S)N2Cc2ccccc2Cl)c1. The summed E-state index contributed by atoms with van der Waals surface area (Å²) in [4.78, 5) is 29.7. The van der Waals surface area contributed by atoms with Crippen LogP contribution in [0.3, 0.4) is 0 Å². The number of carbonyl (C=O) groups excluding carboxylic acids is 2. The largest absolute Gasteiger partial charge is 0.494 e. The third kappa shape index (κ3) is 5.21. The minimum atomic E-state index is -0.765. The monoisotopic (exact) mass is 493 g/mol. The molecular weight excluding hydrogens is 470 g/mol. The molecular formula is C26H24ClN3O3S. The number of carbonyl (C=O) groups is 2. The van der Waals surface area contributed by atoms with Crippen LogP contribution in [0.2, 0.25) is 5.02 Å². The van der Waals surface area contributed by atoms with E-state index < -0.39 is 6.04 Å². The van der Waals surface area contributed by atoms with Crippen molar-refractivity contribution in [2.75, 3.05) is 16.8 Å². The standard InChI is InChI=1S/C26H24ClN3O3S/c1-2-33-21-13-8-10-19(15-21)28-24(31)16-23-25(32)30(20-11-4-3-5-12-20)26(34)29(23)17-18-9-6-7-14-22(18)27/h3-15,23H,2,16-17H2,1H3,(H,28,31)/t23-/m0/s1. The zero-order valence-electron chi connectivity index (χ0n) is 18.6. The van der Waals surface area contributed by atoms with E-state index in [1.165, 1.54) is 4.90 Å². The van der Waals surface area contributed by atoms with Gasteiger partial charge >= 0.3 is 0 Å². The number of nitrogens with zero attached hydrogens (tertiary/aromatic N) is 2. The van der Waals surface area contributed by atoms with Crippen molar-refractivity contribution in [3.05, 3.63) is 89.4 Å². The number of hydrogen-bond acceptors (Lipinski definition) is 4. The van der Waals surface area contributed by atoms with Crippen molar-refractivity contribution in [3.63, 3.8) is 0 Å². The Labute approximate surface area is 209 Å². The lowest BCUT2D eigenvalue weighted by Crippen LogP contribution is -2.37. The van der Waals surface area contributed by atoms with Crippen molar-refractivity contribution in [1.29, 1.82) is 0 Å². The molecule has 0 bridgehead atoms. The van der Waals surface area contributed by atoms with Gasteiger partial charge in [0.05, 0.1) is 18.7 Å². The molecule has 1 atom stereocenters. The molecule has 6 nitrogen and oxygen atoms in total. The minimum Gasteiger partial charge on any atom is -0.494 e. The number of para-hydroxylation sites is 1. The number of amides is 2. The van der Waals surface area contributed by atoms with E-state index in [1.54, 1.807) is 29.2 Å². The summed E-state index contributed by atoms with van der Waals surface area (Å²) < 4.78 is 5.50. The summed E-state index contributed by atoms with van der Waals surface area (Å²) in [5, 5.41) is 3.78. The number of thiocarbonyl (C=S) groups is 1. The van der Waals surface area contributed by atoms with E-state index in [4.69, 9.17) is 28.6 Å². The molecule has 3 aromatic carbocycles. The van der Waals surface area contributed by atoms with Gasteiger partial charge in [0, 0.05) is 23.3 Å². The topological polar surface area (TPSA) is 61.9 Å². The van der Waals surface area contributed by atoms with Crippen LogP contribution in [0.5, 0.6) is 5.75 Å². The predicted molar refractivity (Wildman–Crippen MR) is 138 cm³/mol. The van der Waals surface area contributed by atoms with Crippen LogP contribution in [0.15, 0.2) is 78.9 Å². The summed E-state index contributed by atoms with van der Waals surface area (Å²) in [7, 11) is 0. The lowest BCUT2D eigenvalue weighted by atomic mass is 10.1. The average molecular weight is 494 g/mol. The molecule has 0 aromatic heterocycles. The molecule has 0 saturated carbocycles. The van der Waals surface area contributed by atoms with Crippen molar-refractivity contribution in [2.45, 2.75) is 25.9 Å². The zero-order valence-corrected chi connectivity index (χ0v) is 20.2. The van der Waals surface area contributed by atoms with Crippen LogP contribution in [-0.4, -0.2) is 34.5 Å². The first kappa shape index (κ1) is 23.7. The van der Waals surface area contributed by atoms with Gasteiger partial charge in [-0.05, 0) is 55.0 Å². The van der Waals surface area contributed by atoms with E-state index in [1.807, 2.05) is 61.5 Å². The Balaban J connectivity index is 1.58. The number of benzene rings is 3. The zero-order chi connectivity index (χ0) is 24.1. The van der Waals surface area contributed by atoms with E-state index >= 15 is 0 Å².